The van der Waals surface area contributed by atoms with Gasteiger partial charge in [-0.1, -0.05) is 48.5 Å². The van der Waals surface area contributed by atoms with E-state index in [-0.39, 0.29) is 24.3 Å². The number of nitrogens with one attached hydrogen (secondary N) is 1. The van der Waals surface area contributed by atoms with Crippen molar-refractivity contribution >= 4 is 34.3 Å². The van der Waals surface area contributed by atoms with E-state index in [1.807, 2.05) is 47.4 Å². The first kappa shape index (κ1) is 20.0. The summed E-state index contributed by atoms with van der Waals surface area (Å²) in [7, 11) is 0. The minimum Gasteiger partial charge on any atom is -0.358 e. The van der Waals surface area contributed by atoms with E-state index >= 15 is 0 Å². The summed E-state index contributed by atoms with van der Waals surface area (Å²) in [5.74, 6) is -0.501. The highest BCUT2D eigenvalue weighted by atomic mass is 16.2. The monoisotopic (exact) mass is 462 g/mol. The maximum absolute atomic E-state index is 13.6. The van der Waals surface area contributed by atoms with Crippen molar-refractivity contribution in [1.82, 2.24) is 14.8 Å². The van der Waals surface area contributed by atoms with Crippen molar-refractivity contribution in [1.29, 1.82) is 0 Å². The molecule has 0 saturated heterocycles. The third-order valence-electron chi connectivity index (χ3n) is 7.42. The van der Waals surface area contributed by atoms with E-state index in [0.29, 0.717) is 29.9 Å². The highest BCUT2D eigenvalue weighted by molar-refractivity contribution is 6.17. The fraction of sp³-hybridized carbons (Fsp3) is 0.179. The van der Waals surface area contributed by atoms with Gasteiger partial charge in [-0.15, -0.1) is 0 Å². The van der Waals surface area contributed by atoms with Crippen molar-refractivity contribution in [3.05, 3.63) is 101 Å². The molecule has 3 aromatic carbocycles. The van der Waals surface area contributed by atoms with Gasteiger partial charge in [-0.2, -0.15) is 0 Å². The molecule has 4 aromatic rings. The van der Waals surface area contributed by atoms with Crippen LogP contribution in [0.25, 0.3) is 10.9 Å². The van der Waals surface area contributed by atoms with E-state index < -0.39 is 6.17 Å². The van der Waals surface area contributed by atoms with E-state index in [9.17, 15) is 14.4 Å². The second kappa shape index (κ2) is 7.30. The molecule has 172 valence electrons. The first-order valence-electron chi connectivity index (χ1n) is 11.8. The van der Waals surface area contributed by atoms with Gasteiger partial charge in [0.2, 0.25) is 5.91 Å². The lowest BCUT2D eigenvalue weighted by Crippen LogP contribution is -2.52. The molecule has 0 saturated carbocycles. The molecule has 1 unspecified atom stereocenters. The van der Waals surface area contributed by atoms with Crippen molar-refractivity contribution in [2.24, 2.45) is 0 Å². The smallest absolute Gasteiger partial charge is 0.260 e. The number of aromatic amines is 1. The number of aromatic nitrogens is 1. The van der Waals surface area contributed by atoms with Crippen molar-refractivity contribution in [2.45, 2.75) is 19.1 Å². The van der Waals surface area contributed by atoms with Gasteiger partial charge in [0, 0.05) is 52.8 Å². The molecule has 0 aliphatic carbocycles. The zero-order valence-electron chi connectivity index (χ0n) is 18.9. The molecule has 3 amide bonds. The summed E-state index contributed by atoms with van der Waals surface area (Å²) in [6.07, 6.45) is 0.113. The zero-order chi connectivity index (χ0) is 23.7. The SMILES string of the molecule is O=C(CN1C(=O)c2ccccc2N2C(=O)c3ccccc3C12)N1CCc2[nH]c3ccccc3c2C1. The topological polar surface area (TPSA) is 76.7 Å². The molecule has 7 rings (SSSR count). The van der Waals surface area contributed by atoms with E-state index in [1.54, 1.807) is 34.1 Å². The molecule has 3 aliphatic heterocycles. The first-order chi connectivity index (χ1) is 17.1. The van der Waals surface area contributed by atoms with Gasteiger partial charge in [-0.3, -0.25) is 19.3 Å². The number of hydrogen-bond acceptors (Lipinski definition) is 3. The Morgan fingerprint density at radius 2 is 1.63 bits per heavy atom. The molecule has 4 heterocycles. The Morgan fingerprint density at radius 1 is 0.886 bits per heavy atom. The largest absolute Gasteiger partial charge is 0.358 e. The molecule has 1 N–H and O–H groups in total. The average molecular weight is 463 g/mol. The van der Waals surface area contributed by atoms with Crippen molar-refractivity contribution in [3.63, 3.8) is 0 Å². The molecule has 1 aromatic heterocycles. The van der Waals surface area contributed by atoms with Gasteiger partial charge in [0.1, 0.15) is 12.7 Å². The lowest BCUT2D eigenvalue weighted by Gasteiger charge is -2.41. The number of rotatable bonds is 2. The van der Waals surface area contributed by atoms with Crippen LogP contribution in [0, 0.1) is 0 Å². The lowest BCUT2D eigenvalue weighted by atomic mass is 10.0. The third kappa shape index (κ3) is 2.81. The van der Waals surface area contributed by atoms with Crippen LogP contribution >= 0.6 is 0 Å². The maximum Gasteiger partial charge on any atom is 0.260 e. The molecule has 0 radical (unpaired) electrons. The van der Waals surface area contributed by atoms with Crippen molar-refractivity contribution < 1.29 is 14.4 Å². The molecule has 7 heteroatoms. The summed E-state index contributed by atoms with van der Waals surface area (Å²) in [5, 5.41) is 1.13. The molecule has 0 fully saturated rings. The Morgan fingerprint density at radius 3 is 2.51 bits per heavy atom. The molecule has 0 spiro atoms. The van der Waals surface area contributed by atoms with Gasteiger partial charge >= 0.3 is 0 Å². The van der Waals surface area contributed by atoms with Crippen LogP contribution in [-0.2, 0) is 17.8 Å². The van der Waals surface area contributed by atoms with E-state index in [4.69, 9.17) is 0 Å². The number of carbonyl (C=O) groups excluding carboxylic acids is 3. The molecule has 35 heavy (non-hydrogen) atoms. The third-order valence-corrected chi connectivity index (χ3v) is 7.42. The van der Waals surface area contributed by atoms with Crippen LogP contribution in [0.4, 0.5) is 5.69 Å². The second-order valence-corrected chi connectivity index (χ2v) is 9.28. The van der Waals surface area contributed by atoms with Crippen molar-refractivity contribution in [3.8, 4) is 0 Å². The highest BCUT2D eigenvalue weighted by Crippen LogP contribution is 2.45. The lowest BCUT2D eigenvalue weighted by molar-refractivity contribution is -0.133. The van der Waals surface area contributed by atoms with Crippen LogP contribution in [0.15, 0.2) is 72.8 Å². The van der Waals surface area contributed by atoms with Gasteiger partial charge in [0.05, 0.1) is 11.3 Å². The molecule has 1 atom stereocenters. The number of carbonyl (C=O) groups is 3. The average Bonchev–Trinajstić information content (AvgIpc) is 3.41. The van der Waals surface area contributed by atoms with Crippen LogP contribution in [-0.4, -0.2) is 45.6 Å². The zero-order valence-corrected chi connectivity index (χ0v) is 18.9. The Hall–Kier alpha value is -4.39. The summed E-state index contributed by atoms with van der Waals surface area (Å²) < 4.78 is 0. The van der Waals surface area contributed by atoms with Crippen LogP contribution in [0.5, 0.6) is 0 Å². The minimum absolute atomic E-state index is 0.0896. The summed E-state index contributed by atoms with van der Waals surface area (Å²) in [6.45, 7) is 0.996. The Labute approximate surface area is 201 Å². The highest BCUT2D eigenvalue weighted by Gasteiger charge is 2.48. The van der Waals surface area contributed by atoms with Gasteiger partial charge in [0.15, 0.2) is 0 Å². The number of para-hydroxylation sites is 2. The number of fused-ring (bicyclic) bond motifs is 8. The molecule has 0 bridgehead atoms. The van der Waals surface area contributed by atoms with Crippen LogP contribution in [0.3, 0.4) is 0 Å². The van der Waals surface area contributed by atoms with Gasteiger partial charge in [-0.25, -0.2) is 0 Å². The fourth-order valence-corrected chi connectivity index (χ4v) is 5.76. The number of H-pyrrole nitrogens is 1. The van der Waals surface area contributed by atoms with E-state index in [1.165, 1.54) is 5.69 Å². The fourth-order valence-electron chi connectivity index (χ4n) is 5.76. The number of hydrogen-bond donors (Lipinski definition) is 1. The number of nitrogens with zero attached hydrogens (tertiary/aromatic N) is 3. The number of benzene rings is 3. The molecular weight excluding hydrogens is 440 g/mol. The molecule has 3 aliphatic rings. The van der Waals surface area contributed by atoms with Crippen LogP contribution in [0.1, 0.15) is 43.7 Å². The summed E-state index contributed by atoms with van der Waals surface area (Å²) in [4.78, 5) is 49.1. The quantitative estimate of drug-likeness (QED) is 0.491. The second-order valence-electron chi connectivity index (χ2n) is 9.28. The summed E-state index contributed by atoms with van der Waals surface area (Å²) >= 11 is 0. The molecule has 7 nitrogen and oxygen atoms in total. The first-order valence-corrected chi connectivity index (χ1v) is 11.8. The predicted octanol–water partition coefficient (Wildman–Crippen LogP) is 3.87. The van der Waals surface area contributed by atoms with E-state index in [0.717, 1.165) is 28.5 Å². The summed E-state index contributed by atoms with van der Waals surface area (Å²) in [5.41, 5.74) is 5.74. The van der Waals surface area contributed by atoms with Crippen LogP contribution in [0.2, 0.25) is 0 Å². The Balaban J connectivity index is 1.24. The number of anilines is 1. The minimum atomic E-state index is -0.626. The van der Waals surface area contributed by atoms with E-state index in [2.05, 4.69) is 11.1 Å². The normalized spacial score (nSPS) is 18.4. The predicted molar refractivity (Wildman–Crippen MR) is 131 cm³/mol. The Bertz CT molecular complexity index is 1550. The van der Waals surface area contributed by atoms with Gasteiger partial charge in [-0.05, 0) is 24.3 Å². The van der Waals surface area contributed by atoms with Gasteiger partial charge in [0.25, 0.3) is 11.8 Å². The van der Waals surface area contributed by atoms with Crippen LogP contribution < -0.4 is 4.90 Å². The maximum atomic E-state index is 13.6. The van der Waals surface area contributed by atoms with Crippen molar-refractivity contribution in [2.75, 3.05) is 18.0 Å². The number of amides is 3. The Kier molecular flexibility index (Phi) is 4.18. The molecular formula is C28H22N4O3. The summed E-state index contributed by atoms with van der Waals surface area (Å²) in [6, 6.07) is 22.6. The standard InChI is InChI=1S/C28H22N4O3/c33-25(30-14-13-23-21(15-30)17-7-3-5-11-22(17)29-23)16-31-26-18-8-1-2-9-19(18)28(35)32(26)24-12-6-4-10-20(24)27(31)34/h1-12,26,29H,13-16H2. The van der Waals surface area contributed by atoms with Gasteiger partial charge < -0.3 is 14.8 Å².